The zero-order valence-electron chi connectivity index (χ0n) is 9.38. The fraction of sp³-hybridized carbons (Fsp3) is 0.222. The Bertz CT molecular complexity index is 630. The van der Waals surface area contributed by atoms with Gasteiger partial charge in [-0.05, 0) is 12.1 Å². The summed E-state index contributed by atoms with van der Waals surface area (Å²) in [7, 11) is -3.60. The molecule has 1 aromatic carbocycles. The van der Waals surface area contributed by atoms with E-state index in [2.05, 4.69) is 4.36 Å². The first kappa shape index (κ1) is 15.1. The molecule has 0 aliphatic rings. The molecule has 0 spiro atoms. The van der Waals surface area contributed by atoms with E-state index in [1.54, 1.807) is 0 Å². The Balaban J connectivity index is 3.21. The van der Waals surface area contributed by atoms with Gasteiger partial charge in [-0.15, -0.1) is 4.36 Å². The molecule has 0 saturated carbocycles. The van der Waals surface area contributed by atoms with Crippen LogP contribution in [0.25, 0.3) is 0 Å². The second-order valence-corrected chi connectivity index (χ2v) is 5.71. The molecule has 0 aliphatic carbocycles. The minimum atomic E-state index is -5.21. The van der Waals surface area contributed by atoms with Crippen molar-refractivity contribution in [2.24, 2.45) is 4.36 Å². The number of benzene rings is 1. The molecular weight excluding hydrogens is 289 g/mol. The largest absolute Gasteiger partial charge is 0.474 e. The van der Waals surface area contributed by atoms with Crippen LogP contribution in [0.4, 0.5) is 18.9 Å². The second-order valence-electron chi connectivity index (χ2n) is 3.45. The van der Waals surface area contributed by atoms with Crippen LogP contribution in [0, 0.1) is 10.1 Å². The number of rotatable bonds is 2. The third-order valence-corrected chi connectivity index (χ3v) is 3.65. The van der Waals surface area contributed by atoms with Crippen molar-refractivity contribution in [3.8, 4) is 0 Å². The fourth-order valence-corrected chi connectivity index (χ4v) is 2.25. The number of nitrogens with zero attached hydrogens (tertiary/aromatic N) is 2. The van der Waals surface area contributed by atoms with Crippen LogP contribution in [0.15, 0.2) is 33.5 Å². The Morgan fingerprint density at radius 3 is 2.16 bits per heavy atom. The lowest BCUT2D eigenvalue weighted by Crippen LogP contribution is -2.21. The number of amides is 1. The second kappa shape index (κ2) is 4.96. The summed E-state index contributed by atoms with van der Waals surface area (Å²) in [6.45, 7) is 0. The fourth-order valence-electron chi connectivity index (χ4n) is 1.08. The van der Waals surface area contributed by atoms with Gasteiger partial charge in [-0.3, -0.25) is 14.9 Å². The smallest absolute Gasteiger partial charge is 0.261 e. The number of nitro benzene ring substituents is 1. The lowest BCUT2D eigenvalue weighted by molar-refractivity contribution is -0.384. The molecule has 0 aromatic heterocycles. The van der Waals surface area contributed by atoms with E-state index in [4.69, 9.17) is 0 Å². The maximum absolute atomic E-state index is 12.0. The highest BCUT2D eigenvalue weighted by Crippen LogP contribution is 2.21. The zero-order valence-corrected chi connectivity index (χ0v) is 10.2. The quantitative estimate of drug-likeness (QED) is 0.617. The maximum atomic E-state index is 12.0. The SMILES string of the molecule is C[S@](=O)(=NC(=O)C(F)(F)F)c1ccc([N+](=O)[O-])cc1. The standard InChI is InChI=1S/C9H7F3N2O4S/c1-19(18,13-8(15)9(10,11)12)7-4-2-6(3-5-7)14(16)17/h2-5H,1H3/t19-/m1/s1. The molecule has 0 unspecified atom stereocenters. The van der Waals surface area contributed by atoms with E-state index in [0.29, 0.717) is 0 Å². The molecule has 0 N–H and O–H groups in total. The van der Waals surface area contributed by atoms with E-state index in [-0.39, 0.29) is 10.6 Å². The predicted octanol–water partition coefficient (Wildman–Crippen LogP) is 2.14. The van der Waals surface area contributed by atoms with Gasteiger partial charge in [-0.25, -0.2) is 4.21 Å². The predicted molar refractivity (Wildman–Crippen MR) is 58.9 cm³/mol. The zero-order chi connectivity index (χ0) is 14.8. The molecule has 0 radical (unpaired) electrons. The first-order valence-electron chi connectivity index (χ1n) is 4.62. The molecule has 1 atom stereocenters. The van der Waals surface area contributed by atoms with Crippen LogP contribution in [0.5, 0.6) is 0 Å². The Hall–Kier alpha value is -1.97. The number of carbonyl (C=O) groups excluding carboxylic acids is 1. The summed E-state index contributed by atoms with van der Waals surface area (Å²) in [4.78, 5) is 20.1. The van der Waals surface area contributed by atoms with Gasteiger partial charge in [0, 0.05) is 23.3 Å². The van der Waals surface area contributed by atoms with Crippen molar-refractivity contribution in [2.75, 3.05) is 6.26 Å². The van der Waals surface area contributed by atoms with Crippen LogP contribution in [-0.2, 0) is 14.5 Å². The molecule has 19 heavy (non-hydrogen) atoms. The summed E-state index contributed by atoms with van der Waals surface area (Å²) < 4.78 is 50.5. The number of hydrogen-bond acceptors (Lipinski definition) is 4. The molecule has 0 fully saturated rings. The minimum absolute atomic E-state index is 0.198. The van der Waals surface area contributed by atoms with Crippen molar-refractivity contribution >= 4 is 21.3 Å². The molecule has 1 aromatic rings. The Morgan fingerprint density at radius 2 is 1.79 bits per heavy atom. The molecule has 1 rings (SSSR count). The molecule has 104 valence electrons. The van der Waals surface area contributed by atoms with Crippen LogP contribution < -0.4 is 0 Å². The van der Waals surface area contributed by atoms with Gasteiger partial charge in [0.1, 0.15) is 0 Å². The van der Waals surface area contributed by atoms with Crippen LogP contribution in [-0.4, -0.2) is 27.5 Å². The van der Waals surface area contributed by atoms with E-state index < -0.39 is 26.7 Å². The summed E-state index contributed by atoms with van der Waals surface area (Å²) in [6, 6.07) is 3.92. The highest BCUT2D eigenvalue weighted by molar-refractivity contribution is 7.93. The van der Waals surface area contributed by atoms with E-state index in [1.165, 1.54) is 0 Å². The molecule has 0 bridgehead atoms. The highest BCUT2D eigenvalue weighted by atomic mass is 32.2. The van der Waals surface area contributed by atoms with Gasteiger partial charge in [0.2, 0.25) is 0 Å². The summed E-state index contributed by atoms with van der Waals surface area (Å²) in [5.74, 6) is -2.46. The van der Waals surface area contributed by atoms with Crippen molar-refractivity contribution in [1.82, 2.24) is 0 Å². The topological polar surface area (TPSA) is 89.6 Å². The van der Waals surface area contributed by atoms with Crippen molar-refractivity contribution in [2.45, 2.75) is 11.1 Å². The lowest BCUT2D eigenvalue weighted by atomic mass is 10.3. The molecule has 6 nitrogen and oxygen atoms in total. The van der Waals surface area contributed by atoms with E-state index in [0.717, 1.165) is 30.5 Å². The van der Waals surface area contributed by atoms with Crippen LogP contribution >= 0.6 is 0 Å². The van der Waals surface area contributed by atoms with Gasteiger partial charge in [-0.1, -0.05) is 0 Å². The van der Waals surface area contributed by atoms with Crippen molar-refractivity contribution in [3.63, 3.8) is 0 Å². The Morgan fingerprint density at radius 1 is 1.32 bits per heavy atom. The third-order valence-electron chi connectivity index (χ3n) is 1.98. The normalized spacial score (nSPS) is 14.5. The molecule has 10 heteroatoms. The van der Waals surface area contributed by atoms with Crippen molar-refractivity contribution in [1.29, 1.82) is 0 Å². The summed E-state index contributed by atoms with van der Waals surface area (Å²) in [5.41, 5.74) is -0.318. The van der Waals surface area contributed by atoms with Crippen molar-refractivity contribution < 1.29 is 27.1 Å². The van der Waals surface area contributed by atoms with Gasteiger partial charge in [0.15, 0.2) is 0 Å². The number of halogens is 3. The van der Waals surface area contributed by atoms with Gasteiger partial charge >= 0.3 is 12.1 Å². The van der Waals surface area contributed by atoms with E-state index >= 15 is 0 Å². The van der Waals surface area contributed by atoms with E-state index in [9.17, 15) is 32.3 Å². The maximum Gasteiger partial charge on any atom is 0.474 e. The number of non-ortho nitro benzene ring substituents is 1. The average molecular weight is 296 g/mol. The number of nitro groups is 1. The molecule has 0 heterocycles. The Labute approximate surface area is 105 Å². The van der Waals surface area contributed by atoms with Crippen molar-refractivity contribution in [3.05, 3.63) is 34.4 Å². The van der Waals surface area contributed by atoms with Crippen LogP contribution in [0.2, 0.25) is 0 Å². The van der Waals surface area contributed by atoms with Gasteiger partial charge in [0.05, 0.1) is 14.7 Å². The first-order valence-corrected chi connectivity index (χ1v) is 6.54. The lowest BCUT2D eigenvalue weighted by Gasteiger charge is -2.05. The van der Waals surface area contributed by atoms with Gasteiger partial charge < -0.3 is 0 Å². The number of alkyl halides is 3. The van der Waals surface area contributed by atoms with Crippen LogP contribution in [0.3, 0.4) is 0 Å². The highest BCUT2D eigenvalue weighted by Gasteiger charge is 2.39. The van der Waals surface area contributed by atoms with Gasteiger partial charge in [-0.2, -0.15) is 13.2 Å². The third kappa shape index (κ3) is 3.74. The molecule has 1 amide bonds. The molecule has 0 saturated heterocycles. The minimum Gasteiger partial charge on any atom is -0.261 e. The van der Waals surface area contributed by atoms with Gasteiger partial charge in [0.25, 0.3) is 5.69 Å². The summed E-state index contributed by atoms with van der Waals surface area (Å²) in [6.07, 6.45) is -4.36. The first-order chi connectivity index (χ1) is 8.54. The Kier molecular flexibility index (Phi) is 3.94. The van der Waals surface area contributed by atoms with E-state index in [1.807, 2.05) is 0 Å². The number of hydrogen-bond donors (Lipinski definition) is 0. The monoisotopic (exact) mass is 296 g/mol. The summed E-state index contributed by atoms with van der Waals surface area (Å²) in [5, 5.41) is 10.4. The van der Waals surface area contributed by atoms with Crippen LogP contribution in [0.1, 0.15) is 0 Å². The molecular formula is C9H7F3N2O4S. The molecule has 0 aliphatic heterocycles. The average Bonchev–Trinajstić information content (AvgIpc) is 2.27. The summed E-state index contributed by atoms with van der Waals surface area (Å²) >= 11 is 0. The number of carbonyl (C=O) groups is 1.